The summed E-state index contributed by atoms with van der Waals surface area (Å²) >= 11 is 5.69. The van der Waals surface area contributed by atoms with Crippen molar-refractivity contribution in [2.45, 2.75) is 32.7 Å². The zero-order chi connectivity index (χ0) is 11.7. The topological polar surface area (TPSA) is 3.24 Å². The zero-order valence-corrected chi connectivity index (χ0v) is 10.5. The normalized spacial score (nSPS) is 25.9. The molecule has 16 heavy (non-hydrogen) atoms. The largest absolute Gasteiger partial charge is 0.369 e. The maximum Gasteiger partial charge on any atom is 0.143 e. The smallest absolute Gasteiger partial charge is 0.143 e. The Morgan fingerprint density at radius 3 is 2.75 bits per heavy atom. The van der Waals surface area contributed by atoms with Crippen LogP contribution in [-0.4, -0.2) is 12.6 Å². The van der Waals surface area contributed by atoms with Crippen LogP contribution in [0.5, 0.6) is 0 Å². The number of piperidine rings is 1. The Kier molecular flexibility index (Phi) is 3.38. The molecule has 1 aromatic rings. The van der Waals surface area contributed by atoms with E-state index >= 15 is 0 Å². The number of nitrogens with zero attached hydrogens (tertiary/aromatic N) is 1. The summed E-state index contributed by atoms with van der Waals surface area (Å²) in [4.78, 5) is 2.26. The van der Waals surface area contributed by atoms with Gasteiger partial charge in [0.1, 0.15) is 5.82 Å². The minimum absolute atomic E-state index is 0.196. The fourth-order valence-electron chi connectivity index (χ4n) is 2.45. The van der Waals surface area contributed by atoms with Gasteiger partial charge in [-0.3, -0.25) is 0 Å². The summed E-state index contributed by atoms with van der Waals surface area (Å²) in [6.45, 7) is 5.47. The van der Waals surface area contributed by atoms with Gasteiger partial charge in [0, 0.05) is 18.3 Å². The van der Waals surface area contributed by atoms with Crippen LogP contribution >= 0.6 is 11.6 Å². The predicted molar refractivity (Wildman–Crippen MR) is 66.6 cm³/mol. The Hall–Kier alpha value is -0.760. The van der Waals surface area contributed by atoms with Crippen LogP contribution in [-0.2, 0) is 0 Å². The van der Waals surface area contributed by atoms with Gasteiger partial charge in [0.2, 0.25) is 0 Å². The van der Waals surface area contributed by atoms with Crippen LogP contribution in [0.3, 0.4) is 0 Å². The van der Waals surface area contributed by atoms with Gasteiger partial charge < -0.3 is 4.90 Å². The molecule has 1 fully saturated rings. The summed E-state index contributed by atoms with van der Waals surface area (Å²) in [5.41, 5.74) is 0.946. The number of hydrogen-bond donors (Lipinski definition) is 0. The molecule has 3 heteroatoms. The van der Waals surface area contributed by atoms with Crippen molar-refractivity contribution < 1.29 is 4.39 Å². The first kappa shape index (κ1) is 11.7. The molecule has 1 aromatic carbocycles. The second kappa shape index (κ2) is 4.62. The van der Waals surface area contributed by atoms with Gasteiger partial charge in [0.15, 0.2) is 0 Å². The van der Waals surface area contributed by atoms with E-state index in [-0.39, 0.29) is 10.8 Å². The van der Waals surface area contributed by atoms with Gasteiger partial charge in [0.25, 0.3) is 0 Å². The van der Waals surface area contributed by atoms with Crippen LogP contribution in [0.2, 0.25) is 5.02 Å². The molecule has 1 saturated heterocycles. The Labute approximate surface area is 101 Å². The highest BCUT2D eigenvalue weighted by molar-refractivity contribution is 6.30. The number of anilines is 1. The van der Waals surface area contributed by atoms with E-state index in [9.17, 15) is 4.39 Å². The summed E-state index contributed by atoms with van der Waals surface area (Å²) in [6, 6.07) is 5.55. The molecule has 2 unspecified atom stereocenters. The molecule has 1 aliphatic heterocycles. The molecular formula is C13H17ClFN. The van der Waals surface area contributed by atoms with Gasteiger partial charge in [-0.15, -0.1) is 0 Å². The van der Waals surface area contributed by atoms with E-state index in [0.29, 0.717) is 6.04 Å². The lowest BCUT2D eigenvalue weighted by Gasteiger charge is -2.38. The lowest BCUT2D eigenvalue weighted by Crippen LogP contribution is -2.40. The average molecular weight is 242 g/mol. The van der Waals surface area contributed by atoms with E-state index in [1.165, 1.54) is 18.9 Å². The summed E-state index contributed by atoms with van der Waals surface area (Å²) in [5, 5.41) is 0.196. The Balaban J connectivity index is 2.20. The van der Waals surface area contributed by atoms with E-state index in [0.717, 1.165) is 18.2 Å². The van der Waals surface area contributed by atoms with Crippen LogP contribution in [0.4, 0.5) is 10.1 Å². The van der Waals surface area contributed by atoms with Gasteiger partial charge in [-0.25, -0.2) is 4.39 Å². The first-order valence-corrected chi connectivity index (χ1v) is 6.17. The molecule has 0 spiro atoms. The zero-order valence-electron chi connectivity index (χ0n) is 9.71. The summed E-state index contributed by atoms with van der Waals surface area (Å²) in [5.74, 6) is 0.438. The van der Waals surface area contributed by atoms with E-state index in [2.05, 4.69) is 18.7 Å². The molecule has 1 heterocycles. The van der Waals surface area contributed by atoms with E-state index < -0.39 is 0 Å². The Morgan fingerprint density at radius 1 is 1.38 bits per heavy atom. The quantitative estimate of drug-likeness (QED) is 0.716. The predicted octanol–water partition coefficient (Wildman–Crippen LogP) is 4.10. The molecule has 0 N–H and O–H groups in total. The molecule has 0 aliphatic carbocycles. The van der Waals surface area contributed by atoms with Crippen LogP contribution in [0.1, 0.15) is 26.7 Å². The summed E-state index contributed by atoms with van der Waals surface area (Å²) in [6.07, 6.45) is 2.35. The van der Waals surface area contributed by atoms with Crippen LogP contribution in [0.25, 0.3) is 0 Å². The van der Waals surface area contributed by atoms with Crippen LogP contribution in [0.15, 0.2) is 18.2 Å². The third kappa shape index (κ3) is 2.32. The van der Waals surface area contributed by atoms with Gasteiger partial charge in [-0.05, 0) is 43.9 Å². The molecule has 1 aliphatic rings. The number of hydrogen-bond acceptors (Lipinski definition) is 1. The van der Waals surface area contributed by atoms with Crippen molar-refractivity contribution >= 4 is 17.3 Å². The maximum atomic E-state index is 13.4. The van der Waals surface area contributed by atoms with Crippen molar-refractivity contribution in [2.75, 3.05) is 11.4 Å². The van der Waals surface area contributed by atoms with Gasteiger partial charge >= 0.3 is 0 Å². The van der Waals surface area contributed by atoms with E-state index in [4.69, 9.17) is 11.6 Å². The first-order chi connectivity index (χ1) is 7.58. The minimum atomic E-state index is -0.329. The van der Waals surface area contributed by atoms with Crippen molar-refractivity contribution in [1.29, 1.82) is 0 Å². The lowest BCUT2D eigenvalue weighted by atomic mass is 9.93. The number of halogens is 2. The van der Waals surface area contributed by atoms with Crippen molar-refractivity contribution in [2.24, 2.45) is 5.92 Å². The highest BCUT2D eigenvalue weighted by Gasteiger charge is 2.23. The minimum Gasteiger partial charge on any atom is -0.369 e. The molecule has 0 saturated carbocycles. The van der Waals surface area contributed by atoms with Crippen molar-refractivity contribution in [3.63, 3.8) is 0 Å². The van der Waals surface area contributed by atoms with Gasteiger partial charge in [-0.2, -0.15) is 0 Å². The highest BCUT2D eigenvalue weighted by Crippen LogP contribution is 2.29. The molecule has 1 nitrogen and oxygen atoms in total. The first-order valence-electron chi connectivity index (χ1n) is 5.79. The second-order valence-electron chi connectivity index (χ2n) is 4.77. The molecular weight excluding hydrogens is 225 g/mol. The molecule has 0 aromatic heterocycles. The highest BCUT2D eigenvalue weighted by atomic mass is 35.5. The lowest BCUT2D eigenvalue weighted by molar-refractivity contribution is 0.377. The van der Waals surface area contributed by atoms with Crippen molar-refractivity contribution in [1.82, 2.24) is 0 Å². The Morgan fingerprint density at radius 2 is 2.12 bits per heavy atom. The maximum absolute atomic E-state index is 13.4. The SMILES string of the molecule is CC1CCN(c2ccc(Cl)c(F)c2)C(C)C1. The third-order valence-electron chi connectivity index (χ3n) is 3.37. The molecule has 2 atom stereocenters. The summed E-state index contributed by atoms with van der Waals surface area (Å²) in [7, 11) is 0. The second-order valence-corrected chi connectivity index (χ2v) is 5.18. The molecule has 0 radical (unpaired) electrons. The van der Waals surface area contributed by atoms with Gasteiger partial charge in [-0.1, -0.05) is 18.5 Å². The Bertz CT molecular complexity index is 380. The fourth-order valence-corrected chi connectivity index (χ4v) is 2.57. The number of rotatable bonds is 1. The van der Waals surface area contributed by atoms with Crippen molar-refractivity contribution in [3.05, 3.63) is 29.0 Å². The van der Waals surface area contributed by atoms with Crippen LogP contribution < -0.4 is 4.90 Å². The third-order valence-corrected chi connectivity index (χ3v) is 3.68. The van der Waals surface area contributed by atoms with Crippen LogP contribution in [0, 0.1) is 11.7 Å². The molecule has 0 bridgehead atoms. The molecule has 88 valence electrons. The molecule has 2 rings (SSSR count). The van der Waals surface area contributed by atoms with Gasteiger partial charge in [0.05, 0.1) is 5.02 Å². The fraction of sp³-hybridized carbons (Fsp3) is 0.538. The summed E-state index contributed by atoms with van der Waals surface area (Å²) < 4.78 is 13.4. The standard InChI is InChI=1S/C13H17ClFN/c1-9-5-6-16(10(2)7-9)11-3-4-12(14)13(15)8-11/h3-4,8-10H,5-7H2,1-2H3. The average Bonchev–Trinajstić information content (AvgIpc) is 2.22. The van der Waals surface area contributed by atoms with E-state index in [1.54, 1.807) is 6.07 Å². The molecule has 0 amide bonds. The number of benzene rings is 1. The monoisotopic (exact) mass is 241 g/mol. The van der Waals surface area contributed by atoms with E-state index in [1.807, 2.05) is 6.07 Å². The van der Waals surface area contributed by atoms with Crippen molar-refractivity contribution in [3.8, 4) is 0 Å².